The Balaban J connectivity index is 2.75. The van der Waals surface area contributed by atoms with Gasteiger partial charge in [-0.15, -0.1) is 0 Å². The van der Waals surface area contributed by atoms with Crippen LogP contribution in [-0.2, 0) is 4.74 Å². The molecule has 0 aliphatic heterocycles. The first-order valence-corrected chi connectivity index (χ1v) is 5.88. The van der Waals surface area contributed by atoms with E-state index in [1.54, 1.807) is 24.3 Å². The quantitative estimate of drug-likeness (QED) is 0.765. The maximum Gasteiger partial charge on any atom is 0.289 e. The smallest absolute Gasteiger partial charge is 0.289 e. The average Bonchev–Trinajstić information content (AvgIpc) is 2.69. The summed E-state index contributed by atoms with van der Waals surface area (Å²) in [5, 5.41) is 0. The van der Waals surface area contributed by atoms with E-state index in [4.69, 9.17) is 9.15 Å². The highest BCUT2D eigenvalue weighted by atomic mass is 16.5. The molecule has 1 aromatic heterocycles. The molecular weight excluding hydrogens is 218 g/mol. The van der Waals surface area contributed by atoms with E-state index < -0.39 is 0 Å². The van der Waals surface area contributed by atoms with Crippen molar-refractivity contribution in [1.29, 1.82) is 0 Å². The molecule has 0 atom stereocenters. The summed E-state index contributed by atoms with van der Waals surface area (Å²) < 4.78 is 10.3. The Morgan fingerprint density at radius 3 is 2.71 bits per heavy atom. The summed E-state index contributed by atoms with van der Waals surface area (Å²) in [5.74, 6) is 0.797. The lowest BCUT2D eigenvalue weighted by Crippen LogP contribution is -2.36. The Morgan fingerprint density at radius 1 is 1.53 bits per heavy atom. The number of furan rings is 1. The number of hydrogen-bond acceptors (Lipinski definition) is 3. The van der Waals surface area contributed by atoms with Crippen LogP contribution in [0.1, 0.15) is 30.0 Å². The lowest BCUT2D eigenvalue weighted by Gasteiger charge is -2.23. The van der Waals surface area contributed by atoms with Crippen LogP contribution in [0.5, 0.6) is 0 Å². The number of nitrogens with zero attached hydrogens (tertiary/aromatic N) is 1. The van der Waals surface area contributed by atoms with Crippen LogP contribution in [0.4, 0.5) is 0 Å². The fraction of sp³-hybridized carbons (Fsp3) is 0.615. The zero-order valence-electron chi connectivity index (χ0n) is 11.0. The number of ether oxygens (including phenoxy) is 1. The SMILES string of the molecule is COCCN(CC(C)C)C(=O)c1occc1C. The van der Waals surface area contributed by atoms with E-state index >= 15 is 0 Å². The Labute approximate surface area is 103 Å². The van der Waals surface area contributed by atoms with Crippen molar-refractivity contribution in [3.63, 3.8) is 0 Å². The molecule has 0 aliphatic rings. The van der Waals surface area contributed by atoms with Crippen LogP contribution in [0.25, 0.3) is 0 Å². The average molecular weight is 239 g/mol. The minimum Gasteiger partial charge on any atom is -0.459 e. The number of methoxy groups -OCH3 is 1. The van der Waals surface area contributed by atoms with E-state index in [2.05, 4.69) is 13.8 Å². The second kappa shape index (κ2) is 6.45. The fourth-order valence-corrected chi connectivity index (χ4v) is 1.65. The molecule has 0 radical (unpaired) electrons. The predicted molar refractivity (Wildman–Crippen MR) is 66.1 cm³/mol. The largest absolute Gasteiger partial charge is 0.459 e. The summed E-state index contributed by atoms with van der Waals surface area (Å²) in [4.78, 5) is 14.0. The van der Waals surface area contributed by atoms with Crippen molar-refractivity contribution in [3.8, 4) is 0 Å². The van der Waals surface area contributed by atoms with Gasteiger partial charge in [0.15, 0.2) is 5.76 Å². The molecule has 0 aliphatic carbocycles. The van der Waals surface area contributed by atoms with Gasteiger partial charge in [0.05, 0.1) is 12.9 Å². The molecule has 0 bridgehead atoms. The van der Waals surface area contributed by atoms with Crippen molar-refractivity contribution in [2.24, 2.45) is 5.92 Å². The molecule has 17 heavy (non-hydrogen) atoms. The lowest BCUT2D eigenvalue weighted by molar-refractivity contribution is 0.0640. The summed E-state index contributed by atoms with van der Waals surface area (Å²) in [7, 11) is 1.64. The van der Waals surface area contributed by atoms with Crippen LogP contribution >= 0.6 is 0 Å². The molecule has 0 N–H and O–H groups in total. The number of hydrogen-bond donors (Lipinski definition) is 0. The zero-order chi connectivity index (χ0) is 12.8. The summed E-state index contributed by atoms with van der Waals surface area (Å²) in [5.41, 5.74) is 0.876. The van der Waals surface area contributed by atoms with Gasteiger partial charge in [0.25, 0.3) is 5.91 Å². The topological polar surface area (TPSA) is 42.7 Å². The minimum absolute atomic E-state index is 0.0572. The third-order valence-electron chi connectivity index (χ3n) is 2.49. The number of carbonyl (C=O) groups is 1. The van der Waals surface area contributed by atoms with Crippen molar-refractivity contribution < 1.29 is 13.9 Å². The first kappa shape index (κ1) is 13.8. The standard InChI is InChI=1S/C13H21NO3/c1-10(2)9-14(6-8-16-4)13(15)12-11(3)5-7-17-12/h5,7,10H,6,8-9H2,1-4H3. The van der Waals surface area contributed by atoms with E-state index in [1.165, 1.54) is 0 Å². The molecule has 0 spiro atoms. The molecule has 4 heteroatoms. The maximum absolute atomic E-state index is 12.2. The molecule has 0 aromatic carbocycles. The lowest BCUT2D eigenvalue weighted by atomic mass is 10.2. The predicted octanol–water partition coefficient (Wildman–Crippen LogP) is 2.33. The first-order chi connectivity index (χ1) is 8.06. The van der Waals surface area contributed by atoms with Crippen LogP contribution in [0.3, 0.4) is 0 Å². The van der Waals surface area contributed by atoms with Crippen LogP contribution < -0.4 is 0 Å². The van der Waals surface area contributed by atoms with Gasteiger partial charge in [-0.1, -0.05) is 13.8 Å². The molecule has 0 saturated heterocycles. The van der Waals surface area contributed by atoms with Gasteiger partial charge in [-0.05, 0) is 18.9 Å². The van der Waals surface area contributed by atoms with Crippen molar-refractivity contribution >= 4 is 5.91 Å². The minimum atomic E-state index is -0.0572. The van der Waals surface area contributed by atoms with Crippen LogP contribution in [0, 0.1) is 12.8 Å². The second-order valence-electron chi connectivity index (χ2n) is 4.57. The monoisotopic (exact) mass is 239 g/mol. The van der Waals surface area contributed by atoms with Gasteiger partial charge >= 0.3 is 0 Å². The van der Waals surface area contributed by atoms with Crippen molar-refractivity contribution in [3.05, 3.63) is 23.7 Å². The number of rotatable bonds is 6. The highest BCUT2D eigenvalue weighted by molar-refractivity contribution is 5.92. The van der Waals surface area contributed by atoms with Gasteiger partial charge in [0.1, 0.15) is 0 Å². The highest BCUT2D eigenvalue weighted by Crippen LogP contribution is 2.13. The van der Waals surface area contributed by atoms with Crippen molar-refractivity contribution in [2.45, 2.75) is 20.8 Å². The number of carbonyl (C=O) groups excluding carboxylic acids is 1. The van der Waals surface area contributed by atoms with E-state index in [0.29, 0.717) is 31.4 Å². The molecule has 1 heterocycles. The molecule has 1 rings (SSSR count). The van der Waals surface area contributed by atoms with Gasteiger partial charge in [0, 0.05) is 25.8 Å². The Hall–Kier alpha value is -1.29. The van der Waals surface area contributed by atoms with E-state index in [-0.39, 0.29) is 5.91 Å². The highest BCUT2D eigenvalue weighted by Gasteiger charge is 2.20. The van der Waals surface area contributed by atoms with Gasteiger partial charge in [-0.3, -0.25) is 4.79 Å². The zero-order valence-corrected chi connectivity index (χ0v) is 11.0. The van der Waals surface area contributed by atoms with Crippen LogP contribution in [-0.4, -0.2) is 37.6 Å². The Kier molecular flexibility index (Phi) is 5.22. The number of aryl methyl sites for hydroxylation is 1. The fourth-order valence-electron chi connectivity index (χ4n) is 1.65. The maximum atomic E-state index is 12.2. The Bertz CT molecular complexity index is 357. The third kappa shape index (κ3) is 3.89. The summed E-state index contributed by atoms with van der Waals surface area (Å²) in [6, 6.07) is 1.80. The van der Waals surface area contributed by atoms with E-state index in [1.807, 2.05) is 6.92 Å². The summed E-state index contributed by atoms with van der Waals surface area (Å²) >= 11 is 0. The van der Waals surface area contributed by atoms with Gasteiger partial charge in [0.2, 0.25) is 0 Å². The molecule has 1 amide bonds. The molecule has 0 saturated carbocycles. The molecule has 0 unspecified atom stereocenters. The van der Waals surface area contributed by atoms with Gasteiger partial charge in [-0.25, -0.2) is 0 Å². The van der Waals surface area contributed by atoms with Crippen LogP contribution in [0.15, 0.2) is 16.7 Å². The van der Waals surface area contributed by atoms with E-state index in [9.17, 15) is 4.79 Å². The van der Waals surface area contributed by atoms with Gasteiger partial charge in [-0.2, -0.15) is 0 Å². The first-order valence-electron chi connectivity index (χ1n) is 5.88. The molecule has 96 valence electrons. The second-order valence-corrected chi connectivity index (χ2v) is 4.57. The third-order valence-corrected chi connectivity index (χ3v) is 2.49. The molecule has 1 aromatic rings. The normalized spacial score (nSPS) is 10.9. The van der Waals surface area contributed by atoms with Crippen molar-refractivity contribution in [2.75, 3.05) is 26.8 Å². The molecule has 0 fully saturated rings. The van der Waals surface area contributed by atoms with Crippen molar-refractivity contribution in [1.82, 2.24) is 4.90 Å². The summed E-state index contributed by atoms with van der Waals surface area (Å²) in [6.07, 6.45) is 1.55. The Morgan fingerprint density at radius 2 is 2.24 bits per heavy atom. The molecular formula is C13H21NO3. The van der Waals surface area contributed by atoms with E-state index in [0.717, 1.165) is 5.56 Å². The number of amides is 1. The summed E-state index contributed by atoms with van der Waals surface area (Å²) in [6.45, 7) is 7.89. The van der Waals surface area contributed by atoms with Gasteiger partial charge < -0.3 is 14.1 Å². The van der Waals surface area contributed by atoms with Crippen LogP contribution in [0.2, 0.25) is 0 Å². The molecule has 4 nitrogen and oxygen atoms in total.